The van der Waals surface area contributed by atoms with Crippen LogP contribution in [0.3, 0.4) is 0 Å². The van der Waals surface area contributed by atoms with Crippen LogP contribution in [0.25, 0.3) is 0 Å². The maximum Gasteiger partial charge on any atom is 0.255 e. The van der Waals surface area contributed by atoms with Gasteiger partial charge in [-0.2, -0.15) is 0 Å². The fourth-order valence-electron chi connectivity index (χ4n) is 1.98. The van der Waals surface area contributed by atoms with Crippen molar-refractivity contribution >= 4 is 27.7 Å². The minimum Gasteiger partial charge on any atom is -0.370 e. The number of anilines is 1. The lowest BCUT2D eigenvalue weighted by atomic mass is 10.0. The van der Waals surface area contributed by atoms with E-state index in [0.717, 1.165) is 17.6 Å². The smallest absolute Gasteiger partial charge is 0.255 e. The van der Waals surface area contributed by atoms with Gasteiger partial charge in [0.1, 0.15) is 5.82 Å². The maximum atomic E-state index is 12.6. The van der Waals surface area contributed by atoms with Crippen molar-refractivity contribution in [2.75, 3.05) is 32.5 Å². The van der Waals surface area contributed by atoms with Gasteiger partial charge in [0.2, 0.25) is 0 Å². The summed E-state index contributed by atoms with van der Waals surface area (Å²) in [5, 5.41) is 6.23. The quantitative estimate of drug-likeness (QED) is 0.788. The number of hydrogen-bond acceptors (Lipinski definition) is 4. The van der Waals surface area contributed by atoms with Crippen LogP contribution >= 0.6 is 15.9 Å². The van der Waals surface area contributed by atoms with Gasteiger partial charge in [0.25, 0.3) is 5.91 Å². The van der Waals surface area contributed by atoms with Gasteiger partial charge in [0.15, 0.2) is 0 Å². The van der Waals surface area contributed by atoms with E-state index >= 15 is 0 Å². The lowest BCUT2D eigenvalue weighted by Gasteiger charge is -2.26. The topological polar surface area (TPSA) is 57.3 Å². The first kappa shape index (κ1) is 17.9. The Morgan fingerprint density at radius 1 is 1.43 bits per heavy atom. The monoisotopic (exact) mass is 356 g/mol. The summed E-state index contributed by atoms with van der Waals surface area (Å²) in [5.41, 5.74) is 0.565. The normalized spacial score (nSPS) is 12.6. The first-order valence-corrected chi connectivity index (χ1v) is 7.99. The highest BCUT2D eigenvalue weighted by atomic mass is 79.9. The second-order valence-electron chi connectivity index (χ2n) is 5.67. The van der Waals surface area contributed by atoms with E-state index in [0.29, 0.717) is 17.3 Å². The van der Waals surface area contributed by atoms with Crippen LogP contribution in [0.1, 0.15) is 31.1 Å². The van der Waals surface area contributed by atoms with E-state index in [4.69, 9.17) is 0 Å². The summed E-state index contributed by atoms with van der Waals surface area (Å²) in [5.74, 6) is 0.880. The molecule has 1 aromatic heterocycles. The average molecular weight is 357 g/mol. The number of likely N-dealkylation sites (N-methyl/N-ethyl adjacent to an activating group) is 1. The molecule has 0 fully saturated rings. The predicted octanol–water partition coefficient (Wildman–Crippen LogP) is 2.59. The fourth-order valence-corrected chi connectivity index (χ4v) is 2.31. The van der Waals surface area contributed by atoms with E-state index in [2.05, 4.69) is 50.3 Å². The summed E-state index contributed by atoms with van der Waals surface area (Å²) >= 11 is 3.37. The zero-order valence-corrected chi connectivity index (χ0v) is 15.0. The van der Waals surface area contributed by atoms with Gasteiger partial charge >= 0.3 is 0 Å². The number of hydrogen-bond donors (Lipinski definition) is 2. The van der Waals surface area contributed by atoms with Crippen molar-refractivity contribution in [3.63, 3.8) is 0 Å². The third kappa shape index (κ3) is 5.63. The average Bonchev–Trinajstić information content (AvgIpc) is 2.39. The maximum absolute atomic E-state index is 12.6. The molecule has 1 aromatic rings. The SMILES string of the molecule is CCNc1ncc(Br)cc1C(=O)NC(CN(C)C)C(C)C. The first-order valence-electron chi connectivity index (χ1n) is 7.20. The van der Waals surface area contributed by atoms with Crippen LogP contribution in [0.4, 0.5) is 5.82 Å². The van der Waals surface area contributed by atoms with Crippen molar-refractivity contribution in [2.45, 2.75) is 26.8 Å². The molecular formula is C15H25BrN4O. The molecule has 1 amide bonds. The summed E-state index contributed by atoms with van der Waals surface area (Å²) in [7, 11) is 4.01. The number of nitrogens with one attached hydrogen (secondary N) is 2. The van der Waals surface area contributed by atoms with Crippen molar-refractivity contribution in [3.8, 4) is 0 Å². The van der Waals surface area contributed by atoms with Gasteiger partial charge in [-0.3, -0.25) is 4.79 Å². The molecule has 2 N–H and O–H groups in total. The molecule has 0 aliphatic carbocycles. The second kappa shape index (κ2) is 8.34. The van der Waals surface area contributed by atoms with Crippen molar-refractivity contribution in [1.82, 2.24) is 15.2 Å². The lowest BCUT2D eigenvalue weighted by molar-refractivity contribution is 0.0917. The summed E-state index contributed by atoms with van der Waals surface area (Å²) in [6.45, 7) is 7.73. The molecule has 6 heteroatoms. The number of carbonyl (C=O) groups excluding carboxylic acids is 1. The molecule has 0 aliphatic heterocycles. The number of pyridine rings is 1. The summed E-state index contributed by atoms with van der Waals surface area (Å²) < 4.78 is 0.794. The van der Waals surface area contributed by atoms with E-state index in [9.17, 15) is 4.79 Å². The highest BCUT2D eigenvalue weighted by molar-refractivity contribution is 9.10. The zero-order valence-electron chi connectivity index (χ0n) is 13.4. The van der Waals surface area contributed by atoms with Gasteiger partial charge in [-0.05, 0) is 48.9 Å². The second-order valence-corrected chi connectivity index (χ2v) is 6.58. The van der Waals surface area contributed by atoms with E-state index in [1.54, 1.807) is 12.3 Å². The fraction of sp³-hybridized carbons (Fsp3) is 0.600. The molecule has 0 spiro atoms. The molecule has 0 bridgehead atoms. The predicted molar refractivity (Wildman–Crippen MR) is 90.7 cm³/mol. The van der Waals surface area contributed by atoms with Crippen LogP contribution in [-0.4, -0.2) is 49.0 Å². The van der Waals surface area contributed by atoms with Crippen molar-refractivity contribution < 1.29 is 4.79 Å². The van der Waals surface area contributed by atoms with Gasteiger partial charge in [-0.1, -0.05) is 13.8 Å². The van der Waals surface area contributed by atoms with E-state index in [-0.39, 0.29) is 11.9 Å². The Morgan fingerprint density at radius 2 is 2.10 bits per heavy atom. The van der Waals surface area contributed by atoms with Crippen LogP contribution in [0.15, 0.2) is 16.7 Å². The lowest BCUT2D eigenvalue weighted by Crippen LogP contribution is -2.45. The van der Waals surface area contributed by atoms with Crippen molar-refractivity contribution in [2.24, 2.45) is 5.92 Å². The summed E-state index contributed by atoms with van der Waals surface area (Å²) in [6.07, 6.45) is 1.69. The number of aromatic nitrogens is 1. The van der Waals surface area contributed by atoms with Crippen LogP contribution < -0.4 is 10.6 Å². The molecule has 0 saturated heterocycles. The number of halogens is 1. The van der Waals surface area contributed by atoms with Crippen LogP contribution in [-0.2, 0) is 0 Å². The molecular weight excluding hydrogens is 332 g/mol. The molecule has 1 unspecified atom stereocenters. The third-order valence-corrected chi connectivity index (χ3v) is 3.56. The Kier molecular flexibility index (Phi) is 7.11. The Morgan fingerprint density at radius 3 is 2.62 bits per heavy atom. The largest absolute Gasteiger partial charge is 0.370 e. The molecule has 21 heavy (non-hydrogen) atoms. The summed E-state index contributed by atoms with van der Waals surface area (Å²) in [4.78, 5) is 18.9. The number of rotatable bonds is 7. The van der Waals surface area contributed by atoms with Crippen molar-refractivity contribution in [1.29, 1.82) is 0 Å². The van der Waals surface area contributed by atoms with Crippen LogP contribution in [0.5, 0.6) is 0 Å². The van der Waals surface area contributed by atoms with E-state index in [1.807, 2.05) is 21.0 Å². The Bertz CT molecular complexity index is 477. The van der Waals surface area contributed by atoms with Gasteiger partial charge in [0.05, 0.1) is 5.56 Å². The number of amides is 1. The number of nitrogens with zero attached hydrogens (tertiary/aromatic N) is 2. The molecule has 0 radical (unpaired) electrons. The third-order valence-electron chi connectivity index (χ3n) is 3.13. The van der Waals surface area contributed by atoms with Gasteiger partial charge in [-0.25, -0.2) is 4.98 Å². The molecule has 1 atom stereocenters. The molecule has 118 valence electrons. The van der Waals surface area contributed by atoms with Gasteiger partial charge in [0, 0.05) is 29.8 Å². The van der Waals surface area contributed by atoms with E-state index < -0.39 is 0 Å². The Balaban J connectivity index is 2.93. The highest BCUT2D eigenvalue weighted by Crippen LogP contribution is 2.18. The molecule has 1 rings (SSSR count). The highest BCUT2D eigenvalue weighted by Gasteiger charge is 2.20. The van der Waals surface area contributed by atoms with Crippen molar-refractivity contribution in [3.05, 3.63) is 22.3 Å². The molecule has 1 heterocycles. The molecule has 0 aromatic carbocycles. The van der Waals surface area contributed by atoms with Gasteiger partial charge in [-0.15, -0.1) is 0 Å². The molecule has 5 nitrogen and oxygen atoms in total. The number of carbonyl (C=O) groups is 1. The molecule has 0 saturated carbocycles. The summed E-state index contributed by atoms with van der Waals surface area (Å²) in [6, 6.07) is 1.90. The van der Waals surface area contributed by atoms with Crippen LogP contribution in [0, 0.1) is 5.92 Å². The minimum absolute atomic E-state index is 0.0969. The van der Waals surface area contributed by atoms with E-state index in [1.165, 1.54) is 0 Å². The van der Waals surface area contributed by atoms with Gasteiger partial charge < -0.3 is 15.5 Å². The van der Waals surface area contributed by atoms with Crippen LogP contribution in [0.2, 0.25) is 0 Å². The zero-order chi connectivity index (χ0) is 16.0. The first-order chi connectivity index (χ1) is 9.85. The Hall–Kier alpha value is -1.14. The molecule has 0 aliphatic rings. The standard InChI is InChI=1S/C15H25BrN4O/c1-6-17-14-12(7-11(16)8-18-14)15(21)19-13(10(2)3)9-20(4)5/h7-8,10,13H,6,9H2,1-5H3,(H,17,18)(H,19,21). The Labute approximate surface area is 135 Å². The minimum atomic E-state index is -0.0969.